The Morgan fingerprint density at radius 3 is 2.24 bits per heavy atom. The van der Waals surface area contributed by atoms with Crippen LogP contribution in [0.1, 0.15) is 81.9 Å². The number of anilines is 1. The van der Waals surface area contributed by atoms with Crippen molar-refractivity contribution in [3.05, 3.63) is 71.4 Å². The molecule has 1 heterocycles. The molecule has 0 fully saturated rings. The Bertz CT molecular complexity index is 1190. The maximum Gasteiger partial charge on any atom is 0.254 e. The van der Waals surface area contributed by atoms with E-state index in [1.807, 2.05) is 61.5 Å². The van der Waals surface area contributed by atoms with Crippen LogP contribution in [0.4, 0.5) is 5.82 Å². The molecule has 0 aliphatic rings. The molecule has 2 aromatic carbocycles. The maximum atomic E-state index is 13.3. The predicted octanol–water partition coefficient (Wildman–Crippen LogP) is 6.40. The monoisotopic (exact) mass is 518 g/mol. The highest BCUT2D eigenvalue weighted by Crippen LogP contribution is 2.27. The van der Waals surface area contributed by atoms with Crippen LogP contribution in [0.25, 0.3) is 5.69 Å². The van der Waals surface area contributed by atoms with E-state index in [9.17, 15) is 9.59 Å². The lowest BCUT2D eigenvalue weighted by Gasteiger charge is -2.22. The van der Waals surface area contributed by atoms with Crippen molar-refractivity contribution >= 4 is 17.6 Å². The molecule has 0 unspecified atom stereocenters. The minimum absolute atomic E-state index is 0.0381. The average Bonchev–Trinajstić information content (AvgIpc) is 3.33. The third-order valence-corrected chi connectivity index (χ3v) is 6.45. The number of amides is 2. The minimum Gasteiger partial charge on any atom is -0.497 e. The van der Waals surface area contributed by atoms with Gasteiger partial charge in [0.15, 0.2) is 0 Å². The molecule has 38 heavy (non-hydrogen) atoms. The molecule has 0 atom stereocenters. The van der Waals surface area contributed by atoms with Crippen molar-refractivity contribution in [1.82, 2.24) is 14.7 Å². The number of ether oxygens (including phenoxy) is 1. The fraction of sp³-hybridized carbons (Fsp3) is 0.452. The van der Waals surface area contributed by atoms with Gasteiger partial charge in [-0.15, -0.1) is 0 Å². The van der Waals surface area contributed by atoms with Crippen LogP contribution < -0.4 is 10.1 Å². The summed E-state index contributed by atoms with van der Waals surface area (Å²) in [7, 11) is 1.62. The minimum atomic E-state index is -0.266. The number of aromatic nitrogens is 2. The number of nitrogens with one attached hydrogen (secondary N) is 1. The summed E-state index contributed by atoms with van der Waals surface area (Å²) in [4.78, 5) is 28.1. The Morgan fingerprint density at radius 2 is 1.66 bits per heavy atom. The van der Waals surface area contributed by atoms with Gasteiger partial charge in [0, 0.05) is 23.6 Å². The molecule has 0 aliphatic carbocycles. The Hall–Kier alpha value is -3.61. The van der Waals surface area contributed by atoms with Crippen molar-refractivity contribution in [1.29, 1.82) is 0 Å². The van der Waals surface area contributed by atoms with Crippen LogP contribution in [-0.2, 0) is 16.6 Å². The van der Waals surface area contributed by atoms with Crippen LogP contribution in [0.3, 0.4) is 0 Å². The topological polar surface area (TPSA) is 76.5 Å². The number of hydrogen-bond donors (Lipinski definition) is 1. The summed E-state index contributed by atoms with van der Waals surface area (Å²) in [5.74, 6) is 0.898. The molecule has 0 saturated heterocycles. The van der Waals surface area contributed by atoms with Crippen molar-refractivity contribution in [2.45, 2.75) is 72.1 Å². The lowest BCUT2D eigenvalue weighted by atomic mass is 9.92. The second-order valence-corrected chi connectivity index (χ2v) is 10.7. The van der Waals surface area contributed by atoms with E-state index in [-0.39, 0.29) is 23.8 Å². The van der Waals surface area contributed by atoms with Crippen LogP contribution in [-0.4, -0.2) is 46.7 Å². The highest BCUT2D eigenvalue weighted by atomic mass is 16.5. The maximum absolute atomic E-state index is 13.3. The molecule has 0 bridgehead atoms. The van der Waals surface area contributed by atoms with E-state index < -0.39 is 0 Å². The number of unbranched alkanes of at least 4 members (excludes halogenated alkanes) is 2. The lowest BCUT2D eigenvalue weighted by Crippen LogP contribution is -2.38. The molecule has 0 spiro atoms. The molecule has 1 aromatic heterocycles. The largest absolute Gasteiger partial charge is 0.497 e. The highest BCUT2D eigenvalue weighted by molar-refractivity contribution is 5.99. The van der Waals surface area contributed by atoms with Crippen molar-refractivity contribution in [2.75, 3.05) is 25.5 Å². The Labute approximate surface area is 227 Å². The quantitative estimate of drug-likeness (QED) is 0.281. The summed E-state index contributed by atoms with van der Waals surface area (Å²) >= 11 is 0. The van der Waals surface area contributed by atoms with Gasteiger partial charge in [-0.25, -0.2) is 4.68 Å². The van der Waals surface area contributed by atoms with E-state index in [1.165, 1.54) is 18.4 Å². The van der Waals surface area contributed by atoms with Crippen molar-refractivity contribution in [3.8, 4) is 11.4 Å². The van der Waals surface area contributed by atoms with Crippen molar-refractivity contribution < 1.29 is 14.3 Å². The van der Waals surface area contributed by atoms with Gasteiger partial charge in [-0.1, -0.05) is 59.6 Å². The summed E-state index contributed by atoms with van der Waals surface area (Å²) in [6, 6.07) is 17.2. The Kier molecular flexibility index (Phi) is 10.1. The average molecular weight is 519 g/mol. The van der Waals surface area contributed by atoms with E-state index in [4.69, 9.17) is 9.84 Å². The molecular formula is C31H42N4O3. The molecule has 0 radical (unpaired) electrons. The third-order valence-electron chi connectivity index (χ3n) is 6.45. The number of aryl methyl sites for hydroxylation is 1. The molecule has 3 aromatic rings. The van der Waals surface area contributed by atoms with E-state index in [0.29, 0.717) is 17.9 Å². The van der Waals surface area contributed by atoms with Crippen LogP contribution >= 0.6 is 0 Å². The first-order chi connectivity index (χ1) is 18.2. The summed E-state index contributed by atoms with van der Waals surface area (Å²) in [5.41, 5.74) is 3.28. The van der Waals surface area contributed by atoms with Crippen molar-refractivity contribution in [3.63, 3.8) is 0 Å². The number of benzene rings is 2. The molecule has 2 amide bonds. The Balaban J connectivity index is 1.77. The summed E-state index contributed by atoms with van der Waals surface area (Å²) < 4.78 is 7.00. The molecule has 0 saturated carbocycles. The van der Waals surface area contributed by atoms with Gasteiger partial charge in [-0.3, -0.25) is 9.59 Å². The molecule has 0 aliphatic heterocycles. The molecule has 1 N–H and O–H groups in total. The number of carbonyl (C=O) groups is 2. The second kappa shape index (κ2) is 13.3. The summed E-state index contributed by atoms with van der Waals surface area (Å²) in [6.45, 7) is 10.9. The van der Waals surface area contributed by atoms with E-state index >= 15 is 0 Å². The van der Waals surface area contributed by atoms with Gasteiger partial charge in [0.1, 0.15) is 18.1 Å². The first-order valence-electron chi connectivity index (χ1n) is 13.6. The lowest BCUT2D eigenvalue weighted by molar-refractivity contribution is -0.116. The van der Waals surface area contributed by atoms with Gasteiger partial charge >= 0.3 is 0 Å². The summed E-state index contributed by atoms with van der Waals surface area (Å²) in [6.07, 6.45) is 5.31. The smallest absolute Gasteiger partial charge is 0.254 e. The SMILES string of the molecule is CCCCCc1ccc(C(=O)N(CCC)CC(=O)Nc2cc(C(C)(C)C)nn2-c2ccc(OC)cc2)cc1. The zero-order chi connectivity index (χ0) is 27.7. The number of methoxy groups -OCH3 is 1. The molecule has 7 nitrogen and oxygen atoms in total. The van der Waals surface area contributed by atoms with Gasteiger partial charge in [0.2, 0.25) is 5.91 Å². The van der Waals surface area contributed by atoms with Crippen LogP contribution in [0.2, 0.25) is 0 Å². The molecule has 3 rings (SSSR count). The van der Waals surface area contributed by atoms with Crippen LogP contribution in [0, 0.1) is 0 Å². The number of rotatable bonds is 12. The predicted molar refractivity (Wildman–Crippen MR) is 153 cm³/mol. The number of carbonyl (C=O) groups excluding carboxylic acids is 2. The van der Waals surface area contributed by atoms with Crippen molar-refractivity contribution in [2.24, 2.45) is 0 Å². The summed E-state index contributed by atoms with van der Waals surface area (Å²) in [5, 5.41) is 7.77. The van der Waals surface area contributed by atoms with E-state index in [1.54, 1.807) is 16.7 Å². The third kappa shape index (κ3) is 7.70. The van der Waals surface area contributed by atoms with E-state index in [0.717, 1.165) is 36.4 Å². The molecule has 7 heteroatoms. The normalized spacial score (nSPS) is 11.3. The van der Waals surface area contributed by atoms with Gasteiger partial charge in [-0.2, -0.15) is 5.10 Å². The molecule has 204 valence electrons. The van der Waals surface area contributed by atoms with Gasteiger partial charge < -0.3 is 15.0 Å². The van der Waals surface area contributed by atoms with Gasteiger partial charge in [0.25, 0.3) is 5.91 Å². The van der Waals surface area contributed by atoms with Gasteiger partial charge in [-0.05, 0) is 61.2 Å². The first kappa shape index (κ1) is 29.0. The van der Waals surface area contributed by atoms with Gasteiger partial charge in [0.05, 0.1) is 18.5 Å². The van der Waals surface area contributed by atoms with Crippen LogP contribution in [0.15, 0.2) is 54.6 Å². The Morgan fingerprint density at radius 1 is 0.974 bits per heavy atom. The first-order valence-corrected chi connectivity index (χ1v) is 13.6. The fourth-order valence-electron chi connectivity index (χ4n) is 4.21. The van der Waals surface area contributed by atoms with Crippen LogP contribution in [0.5, 0.6) is 5.75 Å². The van der Waals surface area contributed by atoms with E-state index in [2.05, 4.69) is 33.0 Å². The number of hydrogen-bond acceptors (Lipinski definition) is 4. The fourth-order valence-corrected chi connectivity index (χ4v) is 4.21. The number of nitrogens with zero attached hydrogens (tertiary/aromatic N) is 3. The second-order valence-electron chi connectivity index (χ2n) is 10.7. The zero-order valence-corrected chi connectivity index (χ0v) is 23.7. The molecular weight excluding hydrogens is 476 g/mol. The standard InChI is InChI=1S/C31H42N4O3/c1-7-9-10-11-23-12-14-24(15-13-23)30(37)34(20-8-2)22-29(36)32-28-21-27(31(3,4)5)33-35(28)25-16-18-26(38-6)19-17-25/h12-19,21H,7-11,20,22H2,1-6H3,(H,32,36). The zero-order valence-electron chi connectivity index (χ0n) is 23.7. The highest BCUT2D eigenvalue weighted by Gasteiger charge is 2.23.